The molecular weight excluding hydrogens is 415 g/mol. The fourth-order valence-electron chi connectivity index (χ4n) is 2.58. The number of nitrogens with zero attached hydrogens (tertiary/aromatic N) is 3. The first kappa shape index (κ1) is 22.8. The highest BCUT2D eigenvalue weighted by molar-refractivity contribution is 7.88. The Kier molecular flexibility index (Phi) is 7.38. The first-order chi connectivity index (χ1) is 13.5. The molecule has 0 radical (unpaired) electrons. The number of aromatic nitrogens is 2. The molecule has 1 N–H and O–H groups in total. The number of pyridine rings is 1. The van der Waals surface area contributed by atoms with Crippen LogP contribution in [0.15, 0.2) is 42.9 Å². The van der Waals surface area contributed by atoms with E-state index in [2.05, 4.69) is 9.55 Å². The van der Waals surface area contributed by atoms with Crippen LogP contribution in [0.5, 0.6) is 0 Å². The molecule has 2 aromatic heterocycles. The molecule has 0 spiro atoms. The van der Waals surface area contributed by atoms with E-state index in [1.807, 2.05) is 30.5 Å². The number of sulfonamides is 1. The van der Waals surface area contributed by atoms with Crippen LogP contribution in [0.4, 0.5) is 13.2 Å². The highest BCUT2D eigenvalue weighted by Gasteiger charge is 2.38. The summed E-state index contributed by atoms with van der Waals surface area (Å²) in [6.07, 6.45) is 1.40. The van der Waals surface area contributed by atoms with Gasteiger partial charge in [0.15, 0.2) is 0 Å². The average Bonchev–Trinajstić information content (AvgIpc) is 2.97. The number of hydrogen-bond donors (Lipinski definition) is 1. The molecule has 1 aliphatic heterocycles. The monoisotopic (exact) mass is 435 g/mol. The Labute approximate surface area is 165 Å². The standard InChI is InChI=1S/C15H19N3O3S.C2HF3O2/c1-22(19,20)18-9-14-5-3-7-17(14)10-15(11-18)21-12-13-4-2-6-16-8-13;3-2(4,5)1(6)7/h2-8,15H,9-12H2,1H3;(H,6,7). The molecule has 160 valence electrons. The van der Waals surface area contributed by atoms with Gasteiger partial charge in [-0.25, -0.2) is 13.2 Å². The van der Waals surface area contributed by atoms with E-state index in [-0.39, 0.29) is 6.10 Å². The number of rotatable bonds is 4. The molecule has 29 heavy (non-hydrogen) atoms. The fourth-order valence-corrected chi connectivity index (χ4v) is 3.38. The van der Waals surface area contributed by atoms with E-state index in [1.165, 1.54) is 10.6 Å². The van der Waals surface area contributed by atoms with Gasteiger partial charge in [0, 0.05) is 37.4 Å². The summed E-state index contributed by atoms with van der Waals surface area (Å²) in [5.74, 6) is -2.76. The van der Waals surface area contributed by atoms with Gasteiger partial charge in [0.1, 0.15) is 0 Å². The highest BCUT2D eigenvalue weighted by Crippen LogP contribution is 2.18. The van der Waals surface area contributed by atoms with Crippen LogP contribution >= 0.6 is 0 Å². The maximum absolute atomic E-state index is 11.9. The number of fused-ring (bicyclic) bond motifs is 1. The summed E-state index contributed by atoms with van der Waals surface area (Å²) in [7, 11) is -3.26. The smallest absolute Gasteiger partial charge is 0.475 e. The second kappa shape index (κ2) is 9.37. The number of alkyl halides is 3. The summed E-state index contributed by atoms with van der Waals surface area (Å²) in [5, 5.41) is 7.12. The fraction of sp³-hybridized carbons (Fsp3) is 0.412. The molecule has 0 bridgehead atoms. The van der Waals surface area contributed by atoms with Crippen LogP contribution in [-0.4, -0.2) is 58.4 Å². The Morgan fingerprint density at radius 1 is 1.31 bits per heavy atom. The van der Waals surface area contributed by atoms with Gasteiger partial charge in [0.05, 0.1) is 25.5 Å². The summed E-state index contributed by atoms with van der Waals surface area (Å²) < 4.78 is 65.1. The maximum atomic E-state index is 11.9. The first-order valence-electron chi connectivity index (χ1n) is 8.36. The van der Waals surface area contributed by atoms with E-state index in [0.29, 0.717) is 26.2 Å². The van der Waals surface area contributed by atoms with Crippen LogP contribution in [0.25, 0.3) is 0 Å². The van der Waals surface area contributed by atoms with Crippen LogP contribution in [0.1, 0.15) is 11.3 Å². The molecule has 0 saturated heterocycles. The topological polar surface area (TPSA) is 102 Å². The van der Waals surface area contributed by atoms with Gasteiger partial charge in [0.25, 0.3) is 0 Å². The predicted molar refractivity (Wildman–Crippen MR) is 96.2 cm³/mol. The SMILES string of the molecule is CS(=O)(=O)N1Cc2cccn2CC(OCc2cccnc2)C1.O=C(O)C(F)(F)F. The summed E-state index contributed by atoms with van der Waals surface area (Å²) in [5.41, 5.74) is 1.96. The van der Waals surface area contributed by atoms with E-state index in [0.717, 1.165) is 11.3 Å². The zero-order valence-electron chi connectivity index (χ0n) is 15.4. The van der Waals surface area contributed by atoms with Crippen molar-refractivity contribution in [3.8, 4) is 0 Å². The lowest BCUT2D eigenvalue weighted by atomic mass is 10.3. The van der Waals surface area contributed by atoms with E-state index in [9.17, 15) is 21.6 Å². The van der Waals surface area contributed by atoms with Crippen molar-refractivity contribution in [1.82, 2.24) is 13.9 Å². The van der Waals surface area contributed by atoms with Gasteiger partial charge in [0.2, 0.25) is 10.0 Å². The third kappa shape index (κ3) is 7.15. The normalized spacial score (nSPS) is 17.6. The Balaban J connectivity index is 0.000000370. The molecule has 3 heterocycles. The Hall–Kier alpha value is -2.44. The molecule has 0 fully saturated rings. The van der Waals surface area contributed by atoms with Gasteiger partial charge in [-0.1, -0.05) is 6.07 Å². The predicted octanol–water partition coefficient (Wildman–Crippen LogP) is 1.88. The maximum Gasteiger partial charge on any atom is 0.490 e. The van der Waals surface area contributed by atoms with E-state index in [4.69, 9.17) is 14.6 Å². The van der Waals surface area contributed by atoms with E-state index >= 15 is 0 Å². The van der Waals surface area contributed by atoms with Crippen LogP contribution in [-0.2, 0) is 39.3 Å². The number of aliphatic carboxylic acids is 1. The summed E-state index contributed by atoms with van der Waals surface area (Å²) in [6.45, 7) is 1.82. The quantitative estimate of drug-likeness (QED) is 0.787. The van der Waals surface area contributed by atoms with E-state index < -0.39 is 22.2 Å². The molecule has 0 amide bonds. The number of hydrogen-bond acceptors (Lipinski definition) is 5. The lowest BCUT2D eigenvalue weighted by Crippen LogP contribution is -2.36. The minimum atomic E-state index is -5.08. The molecule has 1 unspecified atom stereocenters. The van der Waals surface area contributed by atoms with Crippen molar-refractivity contribution in [2.75, 3.05) is 12.8 Å². The zero-order valence-corrected chi connectivity index (χ0v) is 16.2. The van der Waals surface area contributed by atoms with Gasteiger partial charge >= 0.3 is 12.1 Å². The second-order valence-electron chi connectivity index (χ2n) is 6.30. The van der Waals surface area contributed by atoms with Crippen molar-refractivity contribution in [3.63, 3.8) is 0 Å². The number of carbonyl (C=O) groups is 1. The zero-order chi connectivity index (χ0) is 21.7. The van der Waals surface area contributed by atoms with Crippen molar-refractivity contribution in [1.29, 1.82) is 0 Å². The third-order valence-electron chi connectivity index (χ3n) is 3.99. The van der Waals surface area contributed by atoms with Crippen molar-refractivity contribution in [3.05, 3.63) is 54.1 Å². The van der Waals surface area contributed by atoms with Gasteiger partial charge in [-0.3, -0.25) is 4.98 Å². The van der Waals surface area contributed by atoms with Crippen LogP contribution in [0.3, 0.4) is 0 Å². The summed E-state index contributed by atoms with van der Waals surface area (Å²) in [4.78, 5) is 13.0. The van der Waals surface area contributed by atoms with Gasteiger partial charge < -0.3 is 14.4 Å². The number of carboxylic acids is 1. The minimum absolute atomic E-state index is 0.191. The molecule has 8 nitrogen and oxygen atoms in total. The van der Waals surface area contributed by atoms with Crippen molar-refractivity contribution in [2.24, 2.45) is 0 Å². The molecule has 0 aromatic carbocycles. The largest absolute Gasteiger partial charge is 0.490 e. The number of ether oxygens (including phenoxy) is 1. The third-order valence-corrected chi connectivity index (χ3v) is 5.21. The minimum Gasteiger partial charge on any atom is -0.475 e. The Morgan fingerprint density at radius 2 is 2.00 bits per heavy atom. The molecule has 2 aromatic rings. The lowest BCUT2D eigenvalue weighted by Gasteiger charge is -2.22. The highest BCUT2D eigenvalue weighted by atomic mass is 32.2. The first-order valence-corrected chi connectivity index (χ1v) is 10.2. The Bertz CT molecular complexity index is 916. The van der Waals surface area contributed by atoms with Crippen LogP contribution in [0.2, 0.25) is 0 Å². The molecule has 1 aliphatic rings. The Morgan fingerprint density at radius 3 is 2.55 bits per heavy atom. The summed E-state index contributed by atoms with van der Waals surface area (Å²) >= 11 is 0. The van der Waals surface area contributed by atoms with Crippen molar-refractivity contribution >= 4 is 16.0 Å². The van der Waals surface area contributed by atoms with Crippen LogP contribution < -0.4 is 0 Å². The van der Waals surface area contributed by atoms with E-state index in [1.54, 1.807) is 12.4 Å². The molecule has 0 aliphatic carbocycles. The molecule has 12 heteroatoms. The molecule has 3 rings (SSSR count). The lowest BCUT2D eigenvalue weighted by molar-refractivity contribution is -0.192. The number of halogens is 3. The van der Waals surface area contributed by atoms with Gasteiger partial charge in [-0.2, -0.15) is 17.5 Å². The van der Waals surface area contributed by atoms with Crippen LogP contribution in [0, 0.1) is 0 Å². The van der Waals surface area contributed by atoms with Crippen molar-refractivity contribution < 1.29 is 36.2 Å². The number of carboxylic acid groups (broad SMARTS) is 1. The average molecular weight is 435 g/mol. The molecule has 1 atom stereocenters. The second-order valence-corrected chi connectivity index (χ2v) is 8.29. The molecule has 0 saturated carbocycles. The molecular formula is C17H20F3N3O5S. The van der Waals surface area contributed by atoms with Crippen molar-refractivity contribution in [2.45, 2.75) is 32.0 Å². The van der Waals surface area contributed by atoms with Gasteiger partial charge in [-0.15, -0.1) is 0 Å². The van der Waals surface area contributed by atoms with Gasteiger partial charge in [-0.05, 0) is 23.8 Å². The summed E-state index contributed by atoms with van der Waals surface area (Å²) in [6, 6.07) is 7.68.